The van der Waals surface area contributed by atoms with Crippen molar-refractivity contribution in [2.24, 2.45) is 0 Å². The molecule has 3 aromatic rings. The van der Waals surface area contributed by atoms with Crippen LogP contribution < -0.4 is 0 Å². The summed E-state index contributed by atoms with van der Waals surface area (Å²) in [4.78, 5) is 8.82. The third-order valence-corrected chi connectivity index (χ3v) is 3.77. The van der Waals surface area contributed by atoms with Crippen LogP contribution in [0, 0.1) is 0 Å². The lowest BCUT2D eigenvalue weighted by Gasteiger charge is -2.01. The summed E-state index contributed by atoms with van der Waals surface area (Å²) in [6.45, 7) is 0. The number of aryl methyl sites for hydroxylation is 2. The highest BCUT2D eigenvalue weighted by Crippen LogP contribution is 2.18. The Labute approximate surface area is 124 Å². The van der Waals surface area contributed by atoms with Crippen molar-refractivity contribution in [1.29, 1.82) is 0 Å². The number of halogens is 2. The van der Waals surface area contributed by atoms with Gasteiger partial charge in [0.15, 0.2) is 10.3 Å². The Balaban J connectivity index is 1.84. The molecule has 0 aliphatic heterocycles. The summed E-state index contributed by atoms with van der Waals surface area (Å²) < 4.78 is 2.80. The Hall–Kier alpha value is -1.39. The van der Waals surface area contributed by atoms with E-state index in [0.29, 0.717) is 0 Å². The number of imidazole rings is 1. The predicted molar refractivity (Wildman–Crippen MR) is 79.5 cm³/mol. The first-order valence-corrected chi connectivity index (χ1v) is 7.13. The van der Waals surface area contributed by atoms with Crippen LogP contribution in [0.1, 0.15) is 11.4 Å². The van der Waals surface area contributed by atoms with Gasteiger partial charge >= 0.3 is 0 Å². The summed E-state index contributed by atoms with van der Waals surface area (Å²) in [7, 11) is 0. The van der Waals surface area contributed by atoms with Crippen LogP contribution in [0.3, 0.4) is 0 Å². The summed E-state index contributed by atoms with van der Waals surface area (Å²) in [6, 6.07) is 9.83. The maximum atomic E-state index is 5.88. The standard InChI is InChI=1S/C14H11BrClN3/c15-13-14-17-8-1-9-19(14)12(18-13)7-4-10-2-5-11(16)6-3-10/h1-3,5-6,8-9H,4,7H2. The van der Waals surface area contributed by atoms with Crippen molar-refractivity contribution in [3.8, 4) is 0 Å². The molecule has 96 valence electrons. The van der Waals surface area contributed by atoms with Crippen LogP contribution in [-0.2, 0) is 12.8 Å². The van der Waals surface area contributed by atoms with Gasteiger partial charge in [-0.25, -0.2) is 9.97 Å². The van der Waals surface area contributed by atoms with Crippen LogP contribution in [-0.4, -0.2) is 14.4 Å². The van der Waals surface area contributed by atoms with E-state index >= 15 is 0 Å². The molecule has 1 aromatic carbocycles. The van der Waals surface area contributed by atoms with Crippen molar-refractivity contribution in [3.05, 3.63) is 63.7 Å². The molecule has 5 heteroatoms. The van der Waals surface area contributed by atoms with Crippen LogP contribution in [0.15, 0.2) is 47.3 Å². The first-order chi connectivity index (χ1) is 9.24. The second-order valence-electron chi connectivity index (χ2n) is 4.26. The minimum atomic E-state index is 0.766. The van der Waals surface area contributed by atoms with Gasteiger partial charge < -0.3 is 0 Å². The number of hydrogen-bond acceptors (Lipinski definition) is 2. The SMILES string of the molecule is Clc1ccc(CCc2nc(Br)c3ncccn23)cc1. The number of nitrogens with zero attached hydrogens (tertiary/aromatic N) is 3. The van der Waals surface area contributed by atoms with Gasteiger partial charge in [-0.2, -0.15) is 0 Å². The Morgan fingerprint density at radius 3 is 2.74 bits per heavy atom. The van der Waals surface area contributed by atoms with Gasteiger partial charge in [0.2, 0.25) is 0 Å². The first-order valence-electron chi connectivity index (χ1n) is 5.96. The minimum Gasteiger partial charge on any atom is -0.287 e. The molecule has 0 radical (unpaired) electrons. The van der Waals surface area contributed by atoms with Crippen LogP contribution in [0.5, 0.6) is 0 Å². The zero-order valence-corrected chi connectivity index (χ0v) is 12.4. The quantitative estimate of drug-likeness (QED) is 0.725. The maximum absolute atomic E-state index is 5.88. The topological polar surface area (TPSA) is 30.2 Å². The normalized spacial score (nSPS) is 11.1. The van der Waals surface area contributed by atoms with Gasteiger partial charge in [0.05, 0.1) is 0 Å². The van der Waals surface area contributed by atoms with E-state index in [1.165, 1.54) is 5.56 Å². The molecule has 0 amide bonds. The van der Waals surface area contributed by atoms with E-state index < -0.39 is 0 Å². The van der Waals surface area contributed by atoms with Gasteiger partial charge in [-0.05, 0) is 46.1 Å². The predicted octanol–water partition coefficient (Wildman–Crippen LogP) is 3.93. The van der Waals surface area contributed by atoms with Gasteiger partial charge in [0.25, 0.3) is 0 Å². The molecule has 0 aliphatic carbocycles. The van der Waals surface area contributed by atoms with Crippen LogP contribution >= 0.6 is 27.5 Å². The van der Waals surface area contributed by atoms with Crippen molar-refractivity contribution in [2.45, 2.75) is 12.8 Å². The molecule has 0 unspecified atom stereocenters. The maximum Gasteiger partial charge on any atom is 0.171 e. The number of rotatable bonds is 3. The number of aromatic nitrogens is 3. The van der Waals surface area contributed by atoms with Gasteiger partial charge in [-0.15, -0.1) is 0 Å². The zero-order valence-electron chi connectivity index (χ0n) is 10.1. The molecule has 0 atom stereocenters. The monoisotopic (exact) mass is 335 g/mol. The molecule has 0 saturated carbocycles. The Bertz CT molecular complexity index is 706. The molecule has 0 aliphatic rings. The lowest BCUT2D eigenvalue weighted by atomic mass is 10.1. The Morgan fingerprint density at radius 2 is 1.95 bits per heavy atom. The first kappa shape index (κ1) is 12.6. The molecule has 0 saturated heterocycles. The van der Waals surface area contributed by atoms with Gasteiger partial charge in [-0.1, -0.05) is 23.7 Å². The summed E-state index contributed by atoms with van der Waals surface area (Å²) in [5, 5.41) is 0.766. The van der Waals surface area contributed by atoms with E-state index in [-0.39, 0.29) is 0 Å². The number of hydrogen-bond donors (Lipinski definition) is 0. The van der Waals surface area contributed by atoms with E-state index in [1.807, 2.05) is 40.9 Å². The van der Waals surface area contributed by atoms with Crippen molar-refractivity contribution in [1.82, 2.24) is 14.4 Å². The lowest BCUT2D eigenvalue weighted by Crippen LogP contribution is -1.98. The summed E-state index contributed by atoms with van der Waals surface area (Å²) >= 11 is 9.32. The van der Waals surface area contributed by atoms with Crippen LogP contribution in [0.4, 0.5) is 0 Å². The van der Waals surface area contributed by atoms with Gasteiger partial charge in [0, 0.05) is 23.8 Å². The summed E-state index contributed by atoms with van der Waals surface area (Å²) in [5.41, 5.74) is 2.11. The summed E-state index contributed by atoms with van der Waals surface area (Å²) in [5.74, 6) is 1.00. The zero-order chi connectivity index (χ0) is 13.2. The van der Waals surface area contributed by atoms with Crippen LogP contribution in [0.25, 0.3) is 5.65 Å². The van der Waals surface area contributed by atoms with Gasteiger partial charge in [-0.3, -0.25) is 4.40 Å². The summed E-state index contributed by atoms with van der Waals surface area (Å²) in [6.07, 6.45) is 5.54. The smallest absolute Gasteiger partial charge is 0.171 e. The van der Waals surface area contributed by atoms with Crippen LogP contribution in [0.2, 0.25) is 5.02 Å². The third-order valence-electron chi connectivity index (χ3n) is 2.99. The number of fused-ring (bicyclic) bond motifs is 1. The molecule has 3 rings (SSSR count). The van der Waals surface area contributed by atoms with E-state index in [0.717, 1.165) is 33.9 Å². The van der Waals surface area contributed by atoms with Crippen molar-refractivity contribution in [2.75, 3.05) is 0 Å². The van der Waals surface area contributed by atoms with E-state index in [1.54, 1.807) is 6.20 Å². The molecule has 0 fully saturated rings. The molecule has 3 nitrogen and oxygen atoms in total. The Kier molecular flexibility index (Phi) is 3.53. The minimum absolute atomic E-state index is 0.766. The second kappa shape index (κ2) is 5.31. The molecular formula is C14H11BrClN3. The highest BCUT2D eigenvalue weighted by Gasteiger charge is 2.09. The molecule has 2 heterocycles. The third kappa shape index (κ3) is 2.65. The molecule has 19 heavy (non-hydrogen) atoms. The molecule has 2 aromatic heterocycles. The fourth-order valence-electron chi connectivity index (χ4n) is 2.03. The van der Waals surface area contributed by atoms with E-state index in [2.05, 4.69) is 25.9 Å². The molecule has 0 spiro atoms. The molecule has 0 N–H and O–H groups in total. The highest BCUT2D eigenvalue weighted by molar-refractivity contribution is 9.10. The molecule has 0 bridgehead atoms. The largest absolute Gasteiger partial charge is 0.287 e. The second-order valence-corrected chi connectivity index (χ2v) is 5.45. The Morgan fingerprint density at radius 1 is 1.16 bits per heavy atom. The number of benzene rings is 1. The average molecular weight is 337 g/mol. The van der Waals surface area contributed by atoms with Crippen molar-refractivity contribution < 1.29 is 0 Å². The van der Waals surface area contributed by atoms with E-state index in [9.17, 15) is 0 Å². The average Bonchev–Trinajstić information content (AvgIpc) is 2.76. The molecular weight excluding hydrogens is 326 g/mol. The van der Waals surface area contributed by atoms with Gasteiger partial charge in [0.1, 0.15) is 5.82 Å². The van der Waals surface area contributed by atoms with Crippen molar-refractivity contribution in [3.63, 3.8) is 0 Å². The van der Waals surface area contributed by atoms with Crippen molar-refractivity contribution >= 4 is 33.2 Å². The highest BCUT2D eigenvalue weighted by atomic mass is 79.9. The fourth-order valence-corrected chi connectivity index (χ4v) is 2.66. The van der Waals surface area contributed by atoms with E-state index in [4.69, 9.17) is 11.6 Å². The lowest BCUT2D eigenvalue weighted by molar-refractivity contribution is 0.849. The fraction of sp³-hybridized carbons (Fsp3) is 0.143.